The van der Waals surface area contributed by atoms with Crippen molar-refractivity contribution in [3.63, 3.8) is 0 Å². The number of nitrogens with zero attached hydrogens (tertiary/aromatic N) is 2. The number of hydrogen-bond donors (Lipinski definition) is 1. The molecule has 34 heavy (non-hydrogen) atoms. The van der Waals surface area contributed by atoms with Crippen molar-refractivity contribution in [1.29, 1.82) is 0 Å². The molecule has 2 saturated heterocycles. The molecule has 0 aliphatic carbocycles. The van der Waals surface area contributed by atoms with E-state index in [0.29, 0.717) is 55.6 Å². The number of likely N-dealkylation sites (tertiary alicyclic amines) is 1. The van der Waals surface area contributed by atoms with Gasteiger partial charge in [0.2, 0.25) is 5.91 Å². The minimum Gasteiger partial charge on any atom is -0.493 e. The van der Waals surface area contributed by atoms with Crippen LogP contribution in [0.3, 0.4) is 0 Å². The number of rotatable bonds is 3. The molecule has 2 fully saturated rings. The number of amides is 4. The first kappa shape index (κ1) is 20.8. The first-order chi connectivity index (χ1) is 16.6. The van der Waals surface area contributed by atoms with Gasteiger partial charge in [-0.1, -0.05) is 24.3 Å². The molecule has 0 bridgehead atoms. The highest BCUT2D eigenvalue weighted by Crippen LogP contribution is 2.42. The van der Waals surface area contributed by atoms with E-state index in [9.17, 15) is 14.4 Å². The van der Waals surface area contributed by atoms with Gasteiger partial charge in [-0.15, -0.1) is 0 Å². The van der Waals surface area contributed by atoms with Crippen molar-refractivity contribution in [3.8, 4) is 17.2 Å². The number of nitrogens with one attached hydrogen (secondary N) is 1. The number of hydrogen-bond acceptors (Lipinski definition) is 6. The van der Waals surface area contributed by atoms with E-state index in [2.05, 4.69) is 5.32 Å². The number of carbonyl (C=O) groups is 3. The van der Waals surface area contributed by atoms with Crippen LogP contribution in [0.1, 0.15) is 36.4 Å². The zero-order valence-electron chi connectivity index (χ0n) is 18.6. The Bertz CT molecular complexity index is 1180. The molecule has 0 saturated carbocycles. The van der Waals surface area contributed by atoms with Crippen molar-refractivity contribution < 1.29 is 28.6 Å². The number of para-hydroxylation sites is 1. The van der Waals surface area contributed by atoms with Crippen molar-refractivity contribution in [1.82, 2.24) is 15.1 Å². The largest absolute Gasteiger partial charge is 0.493 e. The lowest BCUT2D eigenvalue weighted by atomic mass is 9.84. The number of ether oxygens (including phenoxy) is 3. The predicted octanol–water partition coefficient (Wildman–Crippen LogP) is 2.35. The quantitative estimate of drug-likeness (QED) is 0.702. The van der Waals surface area contributed by atoms with Gasteiger partial charge in [-0.05, 0) is 36.6 Å². The number of imide groups is 1. The summed E-state index contributed by atoms with van der Waals surface area (Å²) < 4.78 is 17.0. The van der Waals surface area contributed by atoms with Crippen LogP contribution in [0.4, 0.5) is 4.79 Å². The molecule has 9 heteroatoms. The molecule has 4 aliphatic rings. The van der Waals surface area contributed by atoms with Crippen molar-refractivity contribution in [2.45, 2.75) is 30.8 Å². The van der Waals surface area contributed by atoms with Gasteiger partial charge in [0.05, 0.1) is 12.6 Å². The highest BCUT2D eigenvalue weighted by molar-refractivity contribution is 6.09. The second-order valence-electron chi connectivity index (χ2n) is 8.97. The molecular weight excluding hydrogens is 438 g/mol. The Balaban J connectivity index is 1.22. The van der Waals surface area contributed by atoms with Gasteiger partial charge >= 0.3 is 6.03 Å². The van der Waals surface area contributed by atoms with E-state index in [4.69, 9.17) is 14.2 Å². The summed E-state index contributed by atoms with van der Waals surface area (Å²) in [7, 11) is 0. The standard InChI is InChI=1S/C25H25N3O6/c29-22(27-10-3-5-18(27)16-7-8-20-21(14-16)34-13-12-33-20)15-28-23(30)25(26-24(28)31)9-11-32-19-6-2-1-4-17(19)25/h1-2,4,6-8,14,18H,3,5,9-13,15H2,(H,26,31)/t18-,25-/m0/s1. The monoisotopic (exact) mass is 463 g/mol. The van der Waals surface area contributed by atoms with Gasteiger partial charge < -0.3 is 24.4 Å². The van der Waals surface area contributed by atoms with Crippen molar-refractivity contribution in [3.05, 3.63) is 53.6 Å². The lowest BCUT2D eigenvalue weighted by Crippen LogP contribution is -2.48. The van der Waals surface area contributed by atoms with Crippen LogP contribution in [0.25, 0.3) is 0 Å². The van der Waals surface area contributed by atoms with E-state index < -0.39 is 17.5 Å². The molecule has 176 valence electrons. The first-order valence-corrected chi connectivity index (χ1v) is 11.6. The smallest absolute Gasteiger partial charge is 0.325 e. The Morgan fingerprint density at radius 1 is 1.00 bits per heavy atom. The second kappa shape index (κ2) is 7.93. The minimum absolute atomic E-state index is 0.137. The topological polar surface area (TPSA) is 97.4 Å². The molecule has 0 aromatic heterocycles. The lowest BCUT2D eigenvalue weighted by Gasteiger charge is -2.33. The van der Waals surface area contributed by atoms with Crippen LogP contribution in [0.5, 0.6) is 17.2 Å². The molecule has 0 radical (unpaired) electrons. The van der Waals surface area contributed by atoms with E-state index in [1.54, 1.807) is 17.0 Å². The first-order valence-electron chi connectivity index (χ1n) is 11.6. The van der Waals surface area contributed by atoms with Crippen LogP contribution in [0.15, 0.2) is 42.5 Å². The van der Waals surface area contributed by atoms with Crippen molar-refractivity contribution in [2.75, 3.05) is 32.9 Å². The van der Waals surface area contributed by atoms with Gasteiger partial charge in [0.1, 0.15) is 25.5 Å². The fourth-order valence-electron chi connectivity index (χ4n) is 5.42. The molecular formula is C25H25N3O6. The number of fused-ring (bicyclic) bond motifs is 3. The molecule has 4 heterocycles. The second-order valence-corrected chi connectivity index (χ2v) is 8.97. The number of urea groups is 1. The molecule has 4 amide bonds. The molecule has 2 atom stereocenters. The molecule has 0 unspecified atom stereocenters. The van der Waals surface area contributed by atoms with E-state index >= 15 is 0 Å². The van der Waals surface area contributed by atoms with Crippen LogP contribution in [0, 0.1) is 0 Å². The van der Waals surface area contributed by atoms with Gasteiger partial charge in [-0.3, -0.25) is 14.5 Å². The number of benzene rings is 2. The van der Waals surface area contributed by atoms with E-state index in [0.717, 1.165) is 23.3 Å². The maximum atomic E-state index is 13.5. The van der Waals surface area contributed by atoms with Gasteiger partial charge in [-0.2, -0.15) is 0 Å². The van der Waals surface area contributed by atoms with E-state index in [1.165, 1.54) is 0 Å². The normalized spacial score (nSPS) is 25.2. The molecule has 6 rings (SSSR count). The SMILES string of the molecule is O=C1N[C@]2(CCOc3ccccc32)C(=O)N1CC(=O)N1CCC[C@H]1c1ccc2c(c1)OCCO2. The third-order valence-corrected chi connectivity index (χ3v) is 7.07. The van der Waals surface area contributed by atoms with Crippen LogP contribution < -0.4 is 19.5 Å². The average molecular weight is 463 g/mol. The maximum absolute atomic E-state index is 13.5. The fourth-order valence-corrected chi connectivity index (χ4v) is 5.42. The van der Waals surface area contributed by atoms with Crippen LogP contribution in [-0.2, 0) is 15.1 Å². The fraction of sp³-hybridized carbons (Fsp3) is 0.400. The Labute approximate surface area is 196 Å². The summed E-state index contributed by atoms with van der Waals surface area (Å²) in [5.74, 6) is 1.30. The molecule has 9 nitrogen and oxygen atoms in total. The lowest BCUT2D eigenvalue weighted by molar-refractivity contribution is -0.140. The predicted molar refractivity (Wildman–Crippen MR) is 120 cm³/mol. The minimum atomic E-state index is -1.19. The van der Waals surface area contributed by atoms with Gasteiger partial charge in [0.25, 0.3) is 5.91 Å². The summed E-state index contributed by atoms with van der Waals surface area (Å²) in [6, 6.07) is 12.3. The Morgan fingerprint density at radius 3 is 2.68 bits per heavy atom. The van der Waals surface area contributed by atoms with Crippen molar-refractivity contribution >= 4 is 17.8 Å². The molecule has 2 aromatic rings. The third kappa shape index (κ3) is 3.18. The summed E-state index contributed by atoms with van der Waals surface area (Å²) in [6.07, 6.45) is 1.97. The van der Waals surface area contributed by atoms with Gasteiger partial charge in [0, 0.05) is 18.5 Å². The van der Waals surface area contributed by atoms with E-state index in [-0.39, 0.29) is 18.5 Å². The summed E-state index contributed by atoms with van der Waals surface area (Å²) in [6.45, 7) is 1.60. The summed E-state index contributed by atoms with van der Waals surface area (Å²) in [5, 5.41) is 2.85. The summed E-state index contributed by atoms with van der Waals surface area (Å²) in [4.78, 5) is 42.5. The highest BCUT2D eigenvalue weighted by Gasteiger charge is 2.55. The Kier molecular flexibility index (Phi) is 4.86. The highest BCUT2D eigenvalue weighted by atomic mass is 16.6. The van der Waals surface area contributed by atoms with Crippen molar-refractivity contribution in [2.24, 2.45) is 0 Å². The average Bonchev–Trinajstić information content (AvgIpc) is 3.44. The summed E-state index contributed by atoms with van der Waals surface area (Å²) in [5.41, 5.74) is 0.402. The van der Waals surface area contributed by atoms with Crippen LogP contribution in [0.2, 0.25) is 0 Å². The van der Waals surface area contributed by atoms with Gasteiger partial charge in [0.15, 0.2) is 17.0 Å². The Morgan fingerprint density at radius 2 is 1.79 bits per heavy atom. The zero-order chi connectivity index (χ0) is 23.3. The van der Waals surface area contributed by atoms with Gasteiger partial charge in [-0.25, -0.2) is 4.79 Å². The van der Waals surface area contributed by atoms with E-state index in [1.807, 2.05) is 30.3 Å². The van der Waals surface area contributed by atoms with Crippen LogP contribution in [-0.4, -0.2) is 60.6 Å². The maximum Gasteiger partial charge on any atom is 0.325 e. The molecule has 4 aliphatic heterocycles. The third-order valence-electron chi connectivity index (χ3n) is 7.07. The number of carbonyl (C=O) groups excluding carboxylic acids is 3. The molecule has 1 spiro atoms. The zero-order valence-corrected chi connectivity index (χ0v) is 18.6. The Hall–Kier alpha value is -3.75. The molecule has 2 aromatic carbocycles. The summed E-state index contributed by atoms with van der Waals surface area (Å²) >= 11 is 0. The van der Waals surface area contributed by atoms with Crippen LogP contribution >= 0.6 is 0 Å². The molecule has 1 N–H and O–H groups in total.